The molecule has 0 N–H and O–H groups in total. The largest absolute Gasteiger partial charge is 0.463 e. The quantitative estimate of drug-likeness (QED) is 0.414. The van der Waals surface area contributed by atoms with Gasteiger partial charge < -0.3 is 9.64 Å². The van der Waals surface area contributed by atoms with E-state index in [1.165, 1.54) is 17.8 Å². The second kappa shape index (κ2) is 8.64. The van der Waals surface area contributed by atoms with E-state index in [4.69, 9.17) is 4.74 Å². The van der Waals surface area contributed by atoms with E-state index in [0.717, 1.165) is 15.1 Å². The monoisotopic (exact) mass is 401 g/mol. The molecule has 1 heterocycles. The van der Waals surface area contributed by atoms with Gasteiger partial charge in [0, 0.05) is 21.7 Å². The third kappa shape index (κ3) is 5.07. The van der Waals surface area contributed by atoms with Crippen LogP contribution >= 0.6 is 39.5 Å². The number of carbonyl (C=O) groups excluding carboxylic acids is 2. The van der Waals surface area contributed by atoms with Gasteiger partial charge in [-0.2, -0.15) is 0 Å². The van der Waals surface area contributed by atoms with Crippen molar-refractivity contribution in [2.24, 2.45) is 0 Å². The van der Waals surface area contributed by atoms with Crippen molar-refractivity contribution < 1.29 is 14.3 Å². The first-order chi connectivity index (χ1) is 10.6. The lowest BCUT2D eigenvalue weighted by molar-refractivity contribution is -0.137. The van der Waals surface area contributed by atoms with Crippen LogP contribution in [0.3, 0.4) is 0 Å². The molecule has 2 rings (SSSR count). The topological polar surface area (TPSA) is 46.6 Å². The van der Waals surface area contributed by atoms with Crippen LogP contribution in [0.25, 0.3) is 0 Å². The van der Waals surface area contributed by atoms with Crippen LogP contribution in [0.2, 0.25) is 0 Å². The number of hydrogen-bond acceptors (Lipinski definition) is 5. The van der Waals surface area contributed by atoms with Crippen LogP contribution in [-0.4, -0.2) is 41.4 Å². The van der Waals surface area contributed by atoms with Crippen LogP contribution in [-0.2, 0) is 14.3 Å². The highest BCUT2D eigenvalue weighted by atomic mass is 79.9. The first kappa shape index (κ1) is 17.4. The maximum absolute atomic E-state index is 11.9. The first-order valence-electron chi connectivity index (χ1n) is 6.80. The molecule has 0 atom stereocenters. The van der Waals surface area contributed by atoms with Crippen LogP contribution < -0.4 is 0 Å². The average Bonchev–Trinajstić information content (AvgIpc) is 2.82. The van der Waals surface area contributed by atoms with Gasteiger partial charge in [0.05, 0.1) is 23.5 Å². The summed E-state index contributed by atoms with van der Waals surface area (Å²) in [6.07, 6.45) is 1.41. The minimum absolute atomic E-state index is 0.0388. The predicted molar refractivity (Wildman–Crippen MR) is 93.8 cm³/mol. The number of amides is 1. The lowest BCUT2D eigenvalue weighted by Crippen LogP contribution is -2.27. The van der Waals surface area contributed by atoms with E-state index in [0.29, 0.717) is 23.9 Å². The van der Waals surface area contributed by atoms with Crippen molar-refractivity contribution in [2.45, 2.75) is 11.8 Å². The second-order valence-electron chi connectivity index (χ2n) is 4.37. The molecule has 1 amide bonds. The molecule has 0 unspecified atom stereocenters. The molecule has 0 bridgehead atoms. The molecule has 0 spiro atoms. The summed E-state index contributed by atoms with van der Waals surface area (Å²) in [6, 6.07) is 8.05. The number of hydrogen-bond donors (Lipinski definition) is 0. The Balaban J connectivity index is 1.90. The van der Waals surface area contributed by atoms with Crippen LogP contribution in [0, 0.1) is 0 Å². The summed E-state index contributed by atoms with van der Waals surface area (Å²) in [5.74, 6) is 0.796. The van der Waals surface area contributed by atoms with E-state index in [1.54, 1.807) is 23.6 Å². The molecular formula is C15H16BrNO3S2. The summed E-state index contributed by atoms with van der Waals surface area (Å²) < 4.78 is 5.94. The molecule has 0 radical (unpaired) electrons. The van der Waals surface area contributed by atoms with Gasteiger partial charge in [0.1, 0.15) is 0 Å². The molecular weight excluding hydrogens is 386 g/mol. The van der Waals surface area contributed by atoms with Gasteiger partial charge in [-0.3, -0.25) is 4.79 Å². The molecule has 22 heavy (non-hydrogen) atoms. The zero-order chi connectivity index (χ0) is 15.9. The minimum Gasteiger partial charge on any atom is -0.463 e. The second-order valence-corrected chi connectivity index (χ2v) is 7.45. The van der Waals surface area contributed by atoms with E-state index in [2.05, 4.69) is 15.9 Å². The maximum atomic E-state index is 11.9. The Hall–Kier alpha value is -0.920. The van der Waals surface area contributed by atoms with Crippen LogP contribution in [0.1, 0.15) is 6.92 Å². The summed E-state index contributed by atoms with van der Waals surface area (Å²) in [5.41, 5.74) is 0. The SMILES string of the molecule is CCOC(=O)/C=C1\SCC(=O)N1CCSc1ccc(Br)cc1. The Morgan fingerprint density at radius 1 is 1.45 bits per heavy atom. The van der Waals surface area contributed by atoms with E-state index in [-0.39, 0.29) is 5.91 Å². The maximum Gasteiger partial charge on any atom is 0.333 e. The predicted octanol–water partition coefficient (Wildman–Crippen LogP) is 3.52. The highest BCUT2D eigenvalue weighted by Gasteiger charge is 2.27. The van der Waals surface area contributed by atoms with Gasteiger partial charge in [-0.05, 0) is 31.2 Å². The average molecular weight is 402 g/mol. The van der Waals surface area contributed by atoms with Gasteiger partial charge >= 0.3 is 5.97 Å². The number of benzene rings is 1. The Bertz CT molecular complexity index is 575. The molecule has 118 valence electrons. The van der Waals surface area contributed by atoms with Crippen molar-refractivity contribution in [1.29, 1.82) is 0 Å². The summed E-state index contributed by atoms with van der Waals surface area (Å²) in [7, 11) is 0. The molecule has 4 nitrogen and oxygen atoms in total. The zero-order valence-corrected chi connectivity index (χ0v) is 15.3. The number of ether oxygens (including phenoxy) is 1. The van der Waals surface area contributed by atoms with Crippen molar-refractivity contribution in [3.05, 3.63) is 39.8 Å². The fraction of sp³-hybridized carbons (Fsp3) is 0.333. The Kier molecular flexibility index (Phi) is 6.85. The highest BCUT2D eigenvalue weighted by molar-refractivity contribution is 9.10. The number of thioether (sulfide) groups is 2. The first-order valence-corrected chi connectivity index (χ1v) is 9.56. The molecule has 1 aliphatic rings. The summed E-state index contributed by atoms with van der Waals surface area (Å²) >= 11 is 6.47. The van der Waals surface area contributed by atoms with Crippen molar-refractivity contribution in [2.75, 3.05) is 24.7 Å². The Morgan fingerprint density at radius 3 is 2.86 bits per heavy atom. The lowest BCUT2D eigenvalue weighted by atomic mass is 10.4. The van der Waals surface area contributed by atoms with Gasteiger partial charge in [0.2, 0.25) is 5.91 Å². The third-order valence-electron chi connectivity index (χ3n) is 2.84. The normalized spacial score (nSPS) is 16.4. The van der Waals surface area contributed by atoms with E-state index >= 15 is 0 Å². The Labute approximate surface area is 146 Å². The number of carbonyl (C=O) groups is 2. The minimum atomic E-state index is -0.398. The molecule has 1 aromatic rings. The smallest absolute Gasteiger partial charge is 0.333 e. The molecule has 1 fully saturated rings. The van der Waals surface area contributed by atoms with Crippen LogP contribution in [0.15, 0.2) is 44.7 Å². The zero-order valence-electron chi connectivity index (χ0n) is 12.1. The summed E-state index contributed by atoms with van der Waals surface area (Å²) in [4.78, 5) is 26.2. The molecule has 0 aliphatic carbocycles. The van der Waals surface area contributed by atoms with Gasteiger partial charge in [0.15, 0.2) is 0 Å². The molecule has 0 saturated carbocycles. The number of rotatable bonds is 6. The van der Waals surface area contributed by atoms with Crippen molar-refractivity contribution >= 4 is 51.3 Å². The molecule has 1 saturated heterocycles. The fourth-order valence-corrected chi connectivity index (χ4v) is 3.90. The Morgan fingerprint density at radius 2 is 2.18 bits per heavy atom. The van der Waals surface area contributed by atoms with E-state index < -0.39 is 5.97 Å². The van der Waals surface area contributed by atoms with E-state index in [1.807, 2.05) is 24.3 Å². The molecule has 1 aromatic carbocycles. The third-order valence-corrected chi connectivity index (χ3v) is 5.38. The molecule has 0 aromatic heterocycles. The number of halogens is 1. The van der Waals surface area contributed by atoms with E-state index in [9.17, 15) is 9.59 Å². The van der Waals surface area contributed by atoms with Crippen LogP contribution in [0.4, 0.5) is 0 Å². The standard InChI is InChI=1S/C15H16BrNO3S2/c1-2-20-15(19)9-14-17(13(18)10-22-14)7-8-21-12-5-3-11(16)4-6-12/h3-6,9H,2,7-8,10H2,1H3/b14-9-. The van der Waals surface area contributed by atoms with Gasteiger partial charge in [-0.25, -0.2) is 4.79 Å². The number of nitrogens with zero attached hydrogens (tertiary/aromatic N) is 1. The molecule has 1 aliphatic heterocycles. The molecule has 7 heteroatoms. The van der Waals surface area contributed by atoms with Gasteiger partial charge in [-0.15, -0.1) is 11.8 Å². The fourth-order valence-electron chi connectivity index (χ4n) is 1.84. The highest BCUT2D eigenvalue weighted by Crippen LogP contribution is 2.29. The van der Waals surface area contributed by atoms with Crippen molar-refractivity contribution in [3.8, 4) is 0 Å². The van der Waals surface area contributed by atoms with Crippen molar-refractivity contribution in [3.63, 3.8) is 0 Å². The summed E-state index contributed by atoms with van der Waals surface area (Å²) in [6.45, 7) is 2.68. The van der Waals surface area contributed by atoms with Crippen LogP contribution in [0.5, 0.6) is 0 Å². The summed E-state index contributed by atoms with van der Waals surface area (Å²) in [5, 5.41) is 0.680. The van der Waals surface area contributed by atoms with Gasteiger partial charge in [0.25, 0.3) is 0 Å². The van der Waals surface area contributed by atoms with Crippen molar-refractivity contribution in [1.82, 2.24) is 4.90 Å². The number of esters is 1. The van der Waals surface area contributed by atoms with Gasteiger partial charge in [-0.1, -0.05) is 27.7 Å². The lowest BCUT2D eigenvalue weighted by Gasteiger charge is -2.16.